The van der Waals surface area contributed by atoms with Gasteiger partial charge in [-0.25, -0.2) is 0 Å². The highest BCUT2D eigenvalue weighted by atomic mass is 35.5. The molecule has 0 radical (unpaired) electrons. The van der Waals surface area contributed by atoms with E-state index in [0.717, 1.165) is 11.1 Å². The molecule has 1 aliphatic rings. The number of hydrazone groups is 1. The number of alkyl halides is 3. The Balaban J connectivity index is 1.71. The van der Waals surface area contributed by atoms with Crippen molar-refractivity contribution >= 4 is 23.2 Å². The lowest BCUT2D eigenvalue weighted by Crippen LogP contribution is -2.43. The largest absolute Gasteiger partial charge is 0.431 e. The minimum Gasteiger partial charge on any atom is -0.365 e. The number of amides is 1. The van der Waals surface area contributed by atoms with Gasteiger partial charge in [0.15, 0.2) is 5.72 Å². The summed E-state index contributed by atoms with van der Waals surface area (Å²) in [7, 11) is 0. The standard InChI is InChI=1S/C23H16ClF3N2O2/c24-19-12-10-18(11-13-19)22(31)14-20(23(25,26)27)28-29(22)21(30)17-8-6-16(7-9-17)15-4-2-1-3-5-15/h1-13,31H,14H2. The Morgan fingerprint density at radius 3 is 2.10 bits per heavy atom. The van der Waals surface area contributed by atoms with Crippen molar-refractivity contribution < 1.29 is 23.1 Å². The van der Waals surface area contributed by atoms with Gasteiger partial charge < -0.3 is 5.11 Å². The molecule has 0 saturated heterocycles. The van der Waals surface area contributed by atoms with Gasteiger partial charge in [0.25, 0.3) is 5.91 Å². The second-order valence-corrected chi connectivity index (χ2v) is 7.54. The summed E-state index contributed by atoms with van der Waals surface area (Å²) in [6, 6.07) is 21.4. The molecule has 3 aromatic carbocycles. The summed E-state index contributed by atoms with van der Waals surface area (Å²) in [5.41, 5.74) is -1.58. The van der Waals surface area contributed by atoms with Gasteiger partial charge in [0.05, 0.1) is 6.42 Å². The molecule has 0 saturated carbocycles. The summed E-state index contributed by atoms with van der Waals surface area (Å²) in [5.74, 6) is -0.851. The molecule has 4 rings (SSSR count). The number of benzene rings is 3. The fraction of sp³-hybridized carbons (Fsp3) is 0.130. The normalized spacial score (nSPS) is 18.7. The van der Waals surface area contributed by atoms with Gasteiger partial charge in [-0.3, -0.25) is 4.79 Å². The van der Waals surface area contributed by atoms with Crippen LogP contribution in [0.25, 0.3) is 11.1 Å². The van der Waals surface area contributed by atoms with Crippen molar-refractivity contribution in [3.05, 3.63) is 95.0 Å². The van der Waals surface area contributed by atoms with E-state index >= 15 is 0 Å². The van der Waals surface area contributed by atoms with Crippen LogP contribution in [0.2, 0.25) is 5.02 Å². The molecule has 1 unspecified atom stereocenters. The molecular formula is C23H16ClF3N2O2. The number of aliphatic hydroxyl groups is 1. The van der Waals surface area contributed by atoms with Crippen molar-refractivity contribution in [1.29, 1.82) is 0 Å². The van der Waals surface area contributed by atoms with E-state index < -0.39 is 29.9 Å². The molecule has 1 amide bonds. The first kappa shape index (κ1) is 21.1. The third-order valence-corrected chi connectivity index (χ3v) is 5.30. The smallest absolute Gasteiger partial charge is 0.365 e. The maximum absolute atomic E-state index is 13.4. The highest BCUT2D eigenvalue weighted by Crippen LogP contribution is 2.40. The Kier molecular flexibility index (Phi) is 5.33. The Hall–Kier alpha value is -3.16. The van der Waals surface area contributed by atoms with E-state index in [1.54, 1.807) is 12.1 Å². The van der Waals surface area contributed by atoms with Crippen molar-refractivity contribution in [2.75, 3.05) is 0 Å². The molecule has 1 atom stereocenters. The van der Waals surface area contributed by atoms with Crippen LogP contribution < -0.4 is 0 Å². The highest BCUT2D eigenvalue weighted by molar-refractivity contribution is 6.30. The first-order valence-corrected chi connectivity index (χ1v) is 9.69. The fourth-order valence-electron chi connectivity index (χ4n) is 3.42. The van der Waals surface area contributed by atoms with Gasteiger partial charge >= 0.3 is 6.18 Å². The number of carbonyl (C=O) groups excluding carboxylic acids is 1. The number of halogens is 4. The van der Waals surface area contributed by atoms with Crippen molar-refractivity contribution in [3.8, 4) is 11.1 Å². The zero-order chi connectivity index (χ0) is 22.2. The minimum absolute atomic E-state index is 0.0779. The number of carbonyl (C=O) groups is 1. The molecule has 4 nitrogen and oxygen atoms in total. The van der Waals surface area contributed by atoms with Gasteiger partial charge in [-0.15, -0.1) is 0 Å². The average molecular weight is 445 g/mol. The van der Waals surface area contributed by atoms with Gasteiger partial charge in [0.2, 0.25) is 0 Å². The number of hydrogen-bond acceptors (Lipinski definition) is 3. The molecule has 1 aliphatic heterocycles. The number of rotatable bonds is 3. The lowest BCUT2D eigenvalue weighted by molar-refractivity contribution is -0.0816. The van der Waals surface area contributed by atoms with E-state index in [4.69, 9.17) is 11.6 Å². The van der Waals surface area contributed by atoms with Crippen LogP contribution >= 0.6 is 11.6 Å². The summed E-state index contributed by atoms with van der Waals surface area (Å²) in [5, 5.41) is 15.5. The third-order valence-electron chi connectivity index (χ3n) is 5.05. The van der Waals surface area contributed by atoms with Crippen LogP contribution in [-0.2, 0) is 5.72 Å². The molecule has 31 heavy (non-hydrogen) atoms. The highest BCUT2D eigenvalue weighted by Gasteiger charge is 2.53. The van der Waals surface area contributed by atoms with E-state index in [-0.39, 0.29) is 11.1 Å². The monoisotopic (exact) mass is 444 g/mol. The van der Waals surface area contributed by atoms with Crippen LogP contribution in [0, 0.1) is 0 Å². The Morgan fingerprint density at radius 1 is 0.935 bits per heavy atom. The van der Waals surface area contributed by atoms with Gasteiger partial charge in [0, 0.05) is 16.1 Å². The first-order valence-electron chi connectivity index (χ1n) is 9.32. The topological polar surface area (TPSA) is 52.9 Å². The molecular weight excluding hydrogens is 429 g/mol. The minimum atomic E-state index is -4.79. The lowest BCUT2D eigenvalue weighted by Gasteiger charge is -2.31. The zero-order valence-corrected chi connectivity index (χ0v) is 16.7. The van der Waals surface area contributed by atoms with Crippen molar-refractivity contribution in [1.82, 2.24) is 5.01 Å². The van der Waals surface area contributed by atoms with E-state index in [0.29, 0.717) is 10.0 Å². The number of hydrogen-bond donors (Lipinski definition) is 1. The van der Waals surface area contributed by atoms with Crippen LogP contribution in [-0.4, -0.2) is 27.9 Å². The molecule has 0 aliphatic carbocycles. The molecule has 1 N–H and O–H groups in total. The molecule has 0 aromatic heterocycles. The molecule has 0 bridgehead atoms. The Bertz CT molecular complexity index is 1130. The van der Waals surface area contributed by atoms with Crippen molar-refractivity contribution in [3.63, 3.8) is 0 Å². The van der Waals surface area contributed by atoms with E-state index in [2.05, 4.69) is 5.10 Å². The molecule has 3 aromatic rings. The van der Waals surface area contributed by atoms with E-state index in [1.807, 2.05) is 30.3 Å². The van der Waals surface area contributed by atoms with Crippen LogP contribution in [0.3, 0.4) is 0 Å². The van der Waals surface area contributed by atoms with Gasteiger partial charge in [-0.1, -0.05) is 66.2 Å². The quantitative estimate of drug-likeness (QED) is 0.570. The van der Waals surface area contributed by atoms with E-state index in [9.17, 15) is 23.1 Å². The van der Waals surface area contributed by atoms with Gasteiger partial charge in [-0.05, 0) is 35.4 Å². The zero-order valence-electron chi connectivity index (χ0n) is 16.0. The number of nitrogens with zero attached hydrogens (tertiary/aromatic N) is 2. The fourth-order valence-corrected chi connectivity index (χ4v) is 3.54. The summed E-state index contributed by atoms with van der Waals surface area (Å²) in [4.78, 5) is 13.1. The molecule has 158 valence electrons. The summed E-state index contributed by atoms with van der Waals surface area (Å²) < 4.78 is 40.1. The summed E-state index contributed by atoms with van der Waals surface area (Å²) in [6.07, 6.45) is -5.67. The SMILES string of the molecule is O=C(c1ccc(-c2ccccc2)cc1)N1N=C(C(F)(F)F)CC1(O)c1ccc(Cl)cc1. The van der Waals surface area contributed by atoms with Crippen LogP contribution in [0.15, 0.2) is 84.0 Å². The van der Waals surface area contributed by atoms with Crippen LogP contribution in [0.4, 0.5) is 13.2 Å². The Labute approximate surface area is 181 Å². The molecule has 0 spiro atoms. The average Bonchev–Trinajstić information content (AvgIpc) is 3.13. The molecule has 8 heteroatoms. The molecule has 1 heterocycles. The predicted molar refractivity (Wildman–Crippen MR) is 112 cm³/mol. The maximum Gasteiger partial charge on any atom is 0.431 e. The lowest BCUT2D eigenvalue weighted by atomic mass is 9.96. The van der Waals surface area contributed by atoms with Crippen molar-refractivity contribution in [2.24, 2.45) is 5.10 Å². The van der Waals surface area contributed by atoms with Crippen LogP contribution in [0.5, 0.6) is 0 Å². The maximum atomic E-state index is 13.4. The second kappa shape index (κ2) is 7.83. The Morgan fingerprint density at radius 2 is 1.52 bits per heavy atom. The van der Waals surface area contributed by atoms with Crippen molar-refractivity contribution in [2.45, 2.75) is 18.3 Å². The van der Waals surface area contributed by atoms with Gasteiger partial charge in [0.1, 0.15) is 5.71 Å². The second-order valence-electron chi connectivity index (χ2n) is 7.11. The van der Waals surface area contributed by atoms with E-state index in [1.165, 1.54) is 36.4 Å². The molecule has 0 fully saturated rings. The summed E-state index contributed by atoms with van der Waals surface area (Å²) in [6.45, 7) is 0. The predicted octanol–water partition coefficient (Wildman–Crippen LogP) is 5.62. The first-order chi connectivity index (χ1) is 14.7. The van der Waals surface area contributed by atoms with Crippen LogP contribution in [0.1, 0.15) is 22.3 Å². The van der Waals surface area contributed by atoms with Gasteiger partial charge in [-0.2, -0.15) is 23.3 Å². The summed E-state index contributed by atoms with van der Waals surface area (Å²) >= 11 is 5.85. The third kappa shape index (κ3) is 4.06.